The molecule has 0 saturated heterocycles. The lowest BCUT2D eigenvalue weighted by atomic mass is 10.2. The first-order valence-corrected chi connectivity index (χ1v) is 6.72. The Hall–Kier alpha value is -2.43. The number of urea groups is 1. The first kappa shape index (κ1) is 14.0. The van der Waals surface area contributed by atoms with Gasteiger partial charge in [-0.3, -0.25) is 0 Å². The van der Waals surface area contributed by atoms with Crippen LogP contribution in [-0.2, 0) is 13.1 Å². The topological polar surface area (TPSA) is 72.1 Å². The summed E-state index contributed by atoms with van der Waals surface area (Å²) in [5.74, 6) is 0. The van der Waals surface area contributed by atoms with Crippen molar-refractivity contribution in [2.24, 2.45) is 5.73 Å². The number of nitrogens with one attached hydrogen (secondary N) is 2. The van der Waals surface area contributed by atoms with E-state index in [1.165, 1.54) is 5.56 Å². The lowest BCUT2D eigenvalue weighted by molar-refractivity contribution is 0.259. The van der Waals surface area contributed by atoms with Crippen LogP contribution in [0.4, 0.5) is 16.2 Å². The van der Waals surface area contributed by atoms with Crippen molar-refractivity contribution in [3.63, 3.8) is 0 Å². The largest absolute Gasteiger partial charge is 0.381 e. The molecule has 5 nitrogen and oxygen atoms in total. The van der Waals surface area contributed by atoms with Crippen molar-refractivity contribution < 1.29 is 4.79 Å². The predicted octanol–water partition coefficient (Wildman–Crippen LogP) is 3.00. The van der Waals surface area contributed by atoms with E-state index < -0.39 is 6.03 Å². The Morgan fingerprint density at radius 3 is 2.55 bits per heavy atom. The second-order valence-corrected chi connectivity index (χ2v) is 4.68. The third-order valence-corrected chi connectivity index (χ3v) is 2.94. The Labute approximate surface area is 118 Å². The van der Waals surface area contributed by atoms with Gasteiger partial charge in [0.25, 0.3) is 0 Å². The van der Waals surface area contributed by atoms with Crippen molar-refractivity contribution in [1.29, 1.82) is 0 Å². The van der Waals surface area contributed by atoms with Crippen LogP contribution in [0.2, 0.25) is 0 Å². The lowest BCUT2D eigenvalue weighted by Crippen LogP contribution is -2.19. The molecule has 0 aliphatic heterocycles. The number of primary amides is 1. The maximum Gasteiger partial charge on any atom is 0.316 e. The zero-order valence-corrected chi connectivity index (χ0v) is 11.6. The van der Waals surface area contributed by atoms with E-state index in [4.69, 9.17) is 5.73 Å². The van der Waals surface area contributed by atoms with Gasteiger partial charge in [-0.1, -0.05) is 6.92 Å². The molecule has 106 valence electrons. The molecule has 4 N–H and O–H groups in total. The summed E-state index contributed by atoms with van der Waals surface area (Å²) in [6.07, 6.45) is 5.38. The number of carbonyl (C=O) groups is 1. The SMILES string of the molecule is CCCn1ccc(CNc2ccc(NC(N)=O)cc2)c1. The number of nitrogens with two attached hydrogens (primary N) is 1. The van der Waals surface area contributed by atoms with Gasteiger partial charge in [-0.15, -0.1) is 0 Å². The molecule has 2 amide bonds. The third kappa shape index (κ3) is 4.05. The normalized spacial score (nSPS) is 10.2. The van der Waals surface area contributed by atoms with Gasteiger partial charge in [0.05, 0.1) is 0 Å². The third-order valence-electron chi connectivity index (χ3n) is 2.94. The minimum Gasteiger partial charge on any atom is -0.381 e. The van der Waals surface area contributed by atoms with E-state index in [0.29, 0.717) is 5.69 Å². The number of hydrogen-bond acceptors (Lipinski definition) is 2. The van der Waals surface area contributed by atoms with E-state index >= 15 is 0 Å². The summed E-state index contributed by atoms with van der Waals surface area (Å²) in [7, 11) is 0. The fourth-order valence-electron chi connectivity index (χ4n) is 2.01. The van der Waals surface area contributed by atoms with E-state index in [1.807, 2.05) is 24.3 Å². The van der Waals surface area contributed by atoms with E-state index in [2.05, 4.69) is 40.6 Å². The smallest absolute Gasteiger partial charge is 0.316 e. The quantitative estimate of drug-likeness (QED) is 0.756. The number of nitrogens with zero attached hydrogens (tertiary/aromatic N) is 1. The first-order chi connectivity index (χ1) is 9.67. The standard InChI is InChI=1S/C15H20N4O/c1-2-8-19-9-7-12(11-19)10-17-13-3-5-14(6-4-13)18-15(16)20/h3-7,9,11,17H,2,8,10H2,1H3,(H3,16,18,20). The lowest BCUT2D eigenvalue weighted by Gasteiger charge is -2.07. The zero-order chi connectivity index (χ0) is 14.4. The molecule has 1 aromatic carbocycles. The number of hydrogen-bond donors (Lipinski definition) is 3. The van der Waals surface area contributed by atoms with Crippen molar-refractivity contribution in [2.45, 2.75) is 26.4 Å². The van der Waals surface area contributed by atoms with Crippen LogP contribution in [-0.4, -0.2) is 10.6 Å². The fourth-order valence-corrected chi connectivity index (χ4v) is 2.01. The molecule has 1 aromatic heterocycles. The maximum absolute atomic E-state index is 10.7. The van der Waals surface area contributed by atoms with E-state index in [-0.39, 0.29) is 0 Å². The number of rotatable bonds is 6. The number of amides is 2. The highest BCUT2D eigenvalue weighted by Crippen LogP contribution is 2.14. The van der Waals surface area contributed by atoms with Crippen LogP contribution in [0.15, 0.2) is 42.7 Å². The summed E-state index contributed by atoms with van der Waals surface area (Å²) in [6, 6.07) is 9.02. The number of anilines is 2. The van der Waals surface area contributed by atoms with Gasteiger partial charge in [-0.2, -0.15) is 0 Å². The van der Waals surface area contributed by atoms with Gasteiger partial charge in [-0.25, -0.2) is 4.79 Å². The van der Waals surface area contributed by atoms with Gasteiger partial charge < -0.3 is 20.9 Å². The average Bonchev–Trinajstić information content (AvgIpc) is 2.86. The Balaban J connectivity index is 1.88. The van der Waals surface area contributed by atoms with Gasteiger partial charge >= 0.3 is 6.03 Å². The van der Waals surface area contributed by atoms with Crippen LogP contribution in [0.25, 0.3) is 0 Å². The Morgan fingerprint density at radius 2 is 1.90 bits per heavy atom. The molecular weight excluding hydrogens is 252 g/mol. The maximum atomic E-state index is 10.7. The fraction of sp³-hybridized carbons (Fsp3) is 0.267. The molecule has 0 spiro atoms. The molecule has 0 radical (unpaired) electrons. The second kappa shape index (κ2) is 6.65. The molecule has 2 aromatic rings. The Kier molecular flexibility index (Phi) is 4.65. The van der Waals surface area contributed by atoms with E-state index in [1.54, 1.807) is 0 Å². The molecule has 0 bridgehead atoms. The number of benzene rings is 1. The number of aryl methyl sites for hydroxylation is 1. The van der Waals surface area contributed by atoms with Crippen LogP contribution >= 0.6 is 0 Å². The van der Waals surface area contributed by atoms with Gasteiger partial charge in [-0.05, 0) is 42.3 Å². The molecule has 0 aliphatic rings. The van der Waals surface area contributed by atoms with Crippen LogP contribution in [0.1, 0.15) is 18.9 Å². The number of carbonyl (C=O) groups excluding carboxylic acids is 1. The van der Waals surface area contributed by atoms with Crippen molar-refractivity contribution in [3.05, 3.63) is 48.3 Å². The highest BCUT2D eigenvalue weighted by molar-refractivity contribution is 5.87. The molecule has 0 atom stereocenters. The summed E-state index contributed by atoms with van der Waals surface area (Å²) < 4.78 is 2.19. The predicted molar refractivity (Wildman–Crippen MR) is 81.7 cm³/mol. The van der Waals surface area contributed by atoms with Crippen LogP contribution < -0.4 is 16.4 Å². The highest BCUT2D eigenvalue weighted by Gasteiger charge is 1.99. The van der Waals surface area contributed by atoms with Crippen LogP contribution in [0.5, 0.6) is 0 Å². The summed E-state index contributed by atoms with van der Waals surface area (Å²) in [5.41, 5.74) is 8.00. The van der Waals surface area contributed by atoms with Crippen molar-refractivity contribution >= 4 is 17.4 Å². The van der Waals surface area contributed by atoms with Crippen LogP contribution in [0.3, 0.4) is 0 Å². The highest BCUT2D eigenvalue weighted by atomic mass is 16.2. The minimum atomic E-state index is -0.553. The summed E-state index contributed by atoms with van der Waals surface area (Å²) in [6.45, 7) is 3.99. The van der Waals surface area contributed by atoms with Gasteiger partial charge in [0, 0.05) is 36.9 Å². The molecule has 20 heavy (non-hydrogen) atoms. The Morgan fingerprint density at radius 1 is 1.20 bits per heavy atom. The van der Waals surface area contributed by atoms with Crippen LogP contribution in [0, 0.1) is 0 Å². The van der Waals surface area contributed by atoms with Gasteiger partial charge in [0.1, 0.15) is 0 Å². The molecule has 0 aliphatic carbocycles. The summed E-state index contributed by atoms with van der Waals surface area (Å²) in [4.78, 5) is 10.7. The van der Waals surface area contributed by atoms with E-state index in [0.717, 1.165) is 25.2 Å². The van der Waals surface area contributed by atoms with Crippen molar-refractivity contribution in [3.8, 4) is 0 Å². The van der Waals surface area contributed by atoms with Crippen molar-refractivity contribution in [2.75, 3.05) is 10.6 Å². The molecule has 0 fully saturated rings. The molecular formula is C15H20N4O. The average molecular weight is 272 g/mol. The molecule has 1 heterocycles. The molecule has 0 unspecified atom stereocenters. The number of aromatic nitrogens is 1. The minimum absolute atomic E-state index is 0.553. The summed E-state index contributed by atoms with van der Waals surface area (Å²) in [5, 5.41) is 5.87. The summed E-state index contributed by atoms with van der Waals surface area (Å²) >= 11 is 0. The molecule has 2 rings (SSSR count). The second-order valence-electron chi connectivity index (χ2n) is 4.68. The van der Waals surface area contributed by atoms with Gasteiger partial charge in [0.2, 0.25) is 0 Å². The van der Waals surface area contributed by atoms with E-state index in [9.17, 15) is 4.79 Å². The first-order valence-electron chi connectivity index (χ1n) is 6.72. The Bertz CT molecular complexity index is 560. The van der Waals surface area contributed by atoms with Gasteiger partial charge in [0.15, 0.2) is 0 Å². The zero-order valence-electron chi connectivity index (χ0n) is 11.6. The molecule has 5 heteroatoms. The molecule has 0 saturated carbocycles. The monoisotopic (exact) mass is 272 g/mol. The van der Waals surface area contributed by atoms with Crippen molar-refractivity contribution in [1.82, 2.24) is 4.57 Å².